The van der Waals surface area contributed by atoms with Crippen LogP contribution in [0.2, 0.25) is 0 Å². The number of anilines is 1. The number of likely N-dealkylation sites (tertiary alicyclic amines) is 1. The predicted octanol–water partition coefficient (Wildman–Crippen LogP) is 5.21. The highest BCUT2D eigenvalue weighted by molar-refractivity contribution is 14.1. The van der Waals surface area contributed by atoms with Crippen LogP contribution in [0.1, 0.15) is 28.7 Å². The smallest absolute Gasteiger partial charge is 0.235 e. The lowest BCUT2D eigenvalue weighted by Crippen LogP contribution is -2.57. The number of halogens is 3. The van der Waals surface area contributed by atoms with E-state index in [9.17, 15) is 14.4 Å². The summed E-state index contributed by atoms with van der Waals surface area (Å²) < 4.78 is 1.05. The van der Waals surface area contributed by atoms with Crippen molar-refractivity contribution in [1.82, 2.24) is 4.90 Å². The summed E-state index contributed by atoms with van der Waals surface area (Å²) in [5, 5.41) is 2.81. The molecule has 1 fully saturated rings. The lowest BCUT2D eigenvalue weighted by atomic mass is 9.54. The normalized spacial score (nSPS) is 27.9. The summed E-state index contributed by atoms with van der Waals surface area (Å²) in [5.74, 6) is -2.74. The maximum Gasteiger partial charge on any atom is 0.235 e. The van der Waals surface area contributed by atoms with Crippen LogP contribution in [0.5, 0.6) is 0 Å². The zero-order valence-corrected chi connectivity index (χ0v) is 22.0. The minimum absolute atomic E-state index is 0.0205. The molecule has 0 radical (unpaired) electrons. The molecule has 5 nitrogen and oxygen atoms in total. The van der Waals surface area contributed by atoms with E-state index in [1.807, 2.05) is 60.7 Å². The van der Waals surface area contributed by atoms with Crippen LogP contribution in [-0.4, -0.2) is 29.2 Å². The van der Waals surface area contributed by atoms with Gasteiger partial charge in [0.2, 0.25) is 17.7 Å². The molecule has 1 saturated heterocycles. The first-order chi connectivity index (χ1) is 16.8. The summed E-state index contributed by atoms with van der Waals surface area (Å²) in [6.45, 7) is -0.0342. The standard InChI is InChI=1S/C27H19Cl2IN2O3/c28-26-17-5-1-2-6-18(17)27(29,20-8-4-3-7-19(20)26)23-22(26)24(34)32(25(23)35)14-13-21(33)31-16-11-9-15(30)10-12-16/h1-12,22-23H,13-14H2,(H,31,33)/t22-,23-,26?,27?/m0/s1. The molecule has 2 bridgehead atoms. The van der Waals surface area contributed by atoms with Gasteiger partial charge in [-0.3, -0.25) is 19.3 Å². The number of alkyl halides is 2. The van der Waals surface area contributed by atoms with Gasteiger partial charge in [-0.1, -0.05) is 48.5 Å². The van der Waals surface area contributed by atoms with Crippen LogP contribution < -0.4 is 5.32 Å². The van der Waals surface area contributed by atoms with Crippen LogP contribution in [0.3, 0.4) is 0 Å². The minimum Gasteiger partial charge on any atom is -0.326 e. The maximum absolute atomic E-state index is 13.7. The van der Waals surface area contributed by atoms with Gasteiger partial charge in [-0.25, -0.2) is 0 Å². The fourth-order valence-electron chi connectivity index (χ4n) is 5.92. The van der Waals surface area contributed by atoms with Crippen molar-refractivity contribution in [3.05, 3.63) is 98.6 Å². The van der Waals surface area contributed by atoms with Gasteiger partial charge in [-0.05, 0) is 69.1 Å². The van der Waals surface area contributed by atoms with Crippen LogP contribution in [0.25, 0.3) is 0 Å². The molecule has 1 N–H and O–H groups in total. The highest BCUT2D eigenvalue weighted by atomic mass is 127. The molecule has 0 aromatic heterocycles. The lowest BCUT2D eigenvalue weighted by Gasteiger charge is -2.54. The van der Waals surface area contributed by atoms with Crippen LogP contribution >= 0.6 is 45.8 Å². The largest absolute Gasteiger partial charge is 0.326 e. The molecule has 1 heterocycles. The average Bonchev–Trinajstić information content (AvgIpc) is 3.13. The Balaban J connectivity index is 1.34. The van der Waals surface area contributed by atoms with Gasteiger partial charge in [0, 0.05) is 22.2 Å². The predicted molar refractivity (Wildman–Crippen MR) is 142 cm³/mol. The highest BCUT2D eigenvalue weighted by Gasteiger charge is 2.72. The Morgan fingerprint density at radius 1 is 0.800 bits per heavy atom. The van der Waals surface area contributed by atoms with Gasteiger partial charge >= 0.3 is 0 Å². The third kappa shape index (κ3) is 3.09. The van der Waals surface area contributed by atoms with Crippen molar-refractivity contribution in [2.45, 2.75) is 16.2 Å². The molecule has 0 unspecified atom stereocenters. The Hall–Kier alpha value is -2.42. The van der Waals surface area contributed by atoms with E-state index in [0.717, 1.165) is 25.8 Å². The van der Waals surface area contributed by atoms with E-state index in [0.29, 0.717) is 5.69 Å². The van der Waals surface area contributed by atoms with Crippen molar-refractivity contribution in [3.8, 4) is 0 Å². The van der Waals surface area contributed by atoms with Crippen molar-refractivity contribution < 1.29 is 14.4 Å². The second kappa shape index (κ2) is 8.05. The molecule has 4 aliphatic rings. The zero-order chi connectivity index (χ0) is 24.5. The number of benzene rings is 3. The summed E-state index contributed by atoms with van der Waals surface area (Å²) in [4.78, 5) is 38.8. The molecular formula is C27H19Cl2IN2O3. The summed E-state index contributed by atoms with van der Waals surface area (Å²) in [6.07, 6.45) is -0.0205. The van der Waals surface area contributed by atoms with Gasteiger partial charge in [0.05, 0.1) is 11.8 Å². The molecule has 35 heavy (non-hydrogen) atoms. The van der Waals surface area contributed by atoms with E-state index in [-0.39, 0.29) is 30.7 Å². The summed E-state index contributed by atoms with van der Waals surface area (Å²) in [7, 11) is 0. The Kier molecular flexibility index (Phi) is 5.29. The molecule has 1 aliphatic heterocycles. The van der Waals surface area contributed by atoms with Crippen molar-refractivity contribution in [3.63, 3.8) is 0 Å². The van der Waals surface area contributed by atoms with Crippen molar-refractivity contribution in [1.29, 1.82) is 0 Å². The van der Waals surface area contributed by atoms with E-state index in [1.165, 1.54) is 4.90 Å². The van der Waals surface area contributed by atoms with Gasteiger partial charge in [0.15, 0.2) is 0 Å². The van der Waals surface area contributed by atoms with Gasteiger partial charge < -0.3 is 5.32 Å². The molecule has 2 atom stereocenters. The fourth-order valence-corrected chi connectivity index (χ4v) is 7.37. The number of hydrogen-bond donors (Lipinski definition) is 1. The quantitative estimate of drug-likeness (QED) is 0.249. The van der Waals surface area contributed by atoms with Crippen LogP contribution in [0.4, 0.5) is 5.69 Å². The Morgan fingerprint density at radius 2 is 1.23 bits per heavy atom. The van der Waals surface area contributed by atoms with E-state index in [2.05, 4.69) is 27.9 Å². The SMILES string of the molecule is O=C(CCN1C(=O)[C@@H]2[C@@H](C1=O)C1(Cl)c3ccccc3C2(Cl)c2ccccc21)Nc1ccc(I)cc1. The molecule has 3 aliphatic carbocycles. The van der Waals surface area contributed by atoms with E-state index in [1.54, 1.807) is 12.1 Å². The topological polar surface area (TPSA) is 66.5 Å². The van der Waals surface area contributed by atoms with E-state index >= 15 is 0 Å². The first-order valence-corrected chi connectivity index (χ1v) is 13.1. The van der Waals surface area contributed by atoms with E-state index < -0.39 is 21.6 Å². The molecule has 3 amide bonds. The maximum atomic E-state index is 13.7. The average molecular weight is 617 g/mol. The third-order valence-electron chi connectivity index (χ3n) is 7.37. The number of imide groups is 1. The second-order valence-corrected chi connectivity index (χ2v) is 11.5. The number of nitrogens with one attached hydrogen (secondary N) is 1. The molecule has 8 heteroatoms. The van der Waals surface area contributed by atoms with Gasteiger partial charge in [0.25, 0.3) is 0 Å². The fraction of sp³-hybridized carbons (Fsp3) is 0.222. The summed E-state index contributed by atoms with van der Waals surface area (Å²) in [5.41, 5.74) is 3.70. The summed E-state index contributed by atoms with van der Waals surface area (Å²) >= 11 is 17.0. The molecule has 3 aromatic carbocycles. The molecular weight excluding hydrogens is 598 g/mol. The Morgan fingerprint density at radius 3 is 1.66 bits per heavy atom. The Labute approximate surface area is 225 Å². The van der Waals surface area contributed by atoms with Crippen molar-refractivity contribution in [2.24, 2.45) is 11.8 Å². The first kappa shape index (κ1) is 23.0. The first-order valence-electron chi connectivity index (χ1n) is 11.3. The number of hydrogen-bond acceptors (Lipinski definition) is 3. The number of amides is 3. The number of rotatable bonds is 4. The summed E-state index contributed by atoms with van der Waals surface area (Å²) in [6, 6.07) is 22.4. The van der Waals surface area contributed by atoms with E-state index in [4.69, 9.17) is 23.2 Å². The van der Waals surface area contributed by atoms with Crippen LogP contribution in [-0.2, 0) is 24.1 Å². The number of nitrogens with zero attached hydrogens (tertiary/aromatic N) is 1. The second-order valence-electron chi connectivity index (χ2n) is 9.10. The minimum atomic E-state index is -1.21. The van der Waals surface area contributed by atoms with Gasteiger partial charge in [0.1, 0.15) is 9.75 Å². The van der Waals surface area contributed by atoms with Crippen molar-refractivity contribution >= 4 is 69.2 Å². The lowest BCUT2D eigenvalue weighted by molar-refractivity contribution is -0.140. The molecule has 7 rings (SSSR count). The third-order valence-corrected chi connectivity index (χ3v) is 9.37. The number of carbonyl (C=O) groups excluding carboxylic acids is 3. The zero-order valence-electron chi connectivity index (χ0n) is 18.3. The molecule has 0 saturated carbocycles. The molecule has 0 spiro atoms. The Bertz CT molecular complexity index is 1290. The molecule has 176 valence electrons. The monoisotopic (exact) mass is 616 g/mol. The van der Waals surface area contributed by atoms with Crippen molar-refractivity contribution in [2.75, 3.05) is 11.9 Å². The van der Waals surface area contributed by atoms with Gasteiger partial charge in [-0.15, -0.1) is 23.2 Å². The van der Waals surface area contributed by atoms with Gasteiger partial charge in [-0.2, -0.15) is 0 Å². The molecule has 3 aromatic rings. The highest BCUT2D eigenvalue weighted by Crippen LogP contribution is 2.69. The van der Waals surface area contributed by atoms with Crippen LogP contribution in [0.15, 0.2) is 72.8 Å². The number of carbonyl (C=O) groups is 3. The van der Waals surface area contributed by atoms with Crippen LogP contribution in [0, 0.1) is 15.4 Å².